The van der Waals surface area contributed by atoms with E-state index in [0.29, 0.717) is 41.0 Å². The van der Waals surface area contributed by atoms with Crippen LogP contribution in [-0.4, -0.2) is 33.0 Å². The van der Waals surface area contributed by atoms with E-state index in [2.05, 4.69) is 15.4 Å². The summed E-state index contributed by atoms with van der Waals surface area (Å²) >= 11 is 0. The highest BCUT2D eigenvalue weighted by molar-refractivity contribution is 7.92. The zero-order valence-corrected chi connectivity index (χ0v) is 18.7. The van der Waals surface area contributed by atoms with Gasteiger partial charge in [0.15, 0.2) is 0 Å². The van der Waals surface area contributed by atoms with Gasteiger partial charge in [-0.25, -0.2) is 8.42 Å². The summed E-state index contributed by atoms with van der Waals surface area (Å²) in [5, 5.41) is 5.66. The van der Waals surface area contributed by atoms with E-state index in [0.717, 1.165) is 11.8 Å². The molecule has 8 heteroatoms. The third-order valence-corrected chi connectivity index (χ3v) is 5.34. The summed E-state index contributed by atoms with van der Waals surface area (Å²) < 4.78 is 25.3. The normalized spacial score (nSPS) is 10.9. The Bertz CT molecular complexity index is 1230. The van der Waals surface area contributed by atoms with E-state index >= 15 is 0 Å². The first-order chi connectivity index (χ1) is 15.2. The van der Waals surface area contributed by atoms with Crippen molar-refractivity contribution >= 4 is 33.2 Å². The van der Waals surface area contributed by atoms with Crippen molar-refractivity contribution in [1.29, 1.82) is 0 Å². The molecule has 0 aliphatic heterocycles. The van der Waals surface area contributed by atoms with Crippen LogP contribution in [0, 0.1) is 6.92 Å². The van der Waals surface area contributed by atoms with Gasteiger partial charge in [-0.05, 0) is 54.8 Å². The van der Waals surface area contributed by atoms with Gasteiger partial charge in [0, 0.05) is 12.1 Å². The second-order valence-corrected chi connectivity index (χ2v) is 9.14. The molecule has 0 heterocycles. The lowest BCUT2D eigenvalue weighted by molar-refractivity contribution is 0.0955. The smallest absolute Gasteiger partial charge is 0.255 e. The van der Waals surface area contributed by atoms with Crippen molar-refractivity contribution in [1.82, 2.24) is 5.32 Å². The molecule has 2 amide bonds. The van der Waals surface area contributed by atoms with E-state index < -0.39 is 15.9 Å². The molecule has 0 atom stereocenters. The average Bonchev–Trinajstić information content (AvgIpc) is 2.75. The third kappa shape index (κ3) is 6.42. The summed E-state index contributed by atoms with van der Waals surface area (Å²) in [5.74, 6) is -0.677. The van der Waals surface area contributed by atoms with Crippen LogP contribution in [0.3, 0.4) is 0 Å². The molecule has 166 valence electrons. The Morgan fingerprint density at radius 1 is 0.844 bits per heavy atom. The van der Waals surface area contributed by atoms with Gasteiger partial charge >= 0.3 is 0 Å². The van der Waals surface area contributed by atoms with E-state index in [1.54, 1.807) is 37.3 Å². The van der Waals surface area contributed by atoms with Crippen LogP contribution in [0.4, 0.5) is 11.4 Å². The topological polar surface area (TPSA) is 104 Å². The van der Waals surface area contributed by atoms with Gasteiger partial charge in [-0.15, -0.1) is 0 Å². The third-order valence-electron chi connectivity index (χ3n) is 4.75. The molecule has 0 fully saturated rings. The summed E-state index contributed by atoms with van der Waals surface area (Å²) in [4.78, 5) is 25.4. The van der Waals surface area contributed by atoms with Gasteiger partial charge in [-0.1, -0.05) is 42.5 Å². The van der Waals surface area contributed by atoms with Crippen LogP contribution in [0.5, 0.6) is 0 Å². The molecule has 7 nitrogen and oxygen atoms in total. The molecule has 0 aliphatic carbocycles. The van der Waals surface area contributed by atoms with Gasteiger partial charge in [0.05, 0.1) is 23.2 Å². The quantitative estimate of drug-likeness (QED) is 0.487. The lowest BCUT2D eigenvalue weighted by Gasteiger charge is -2.13. The predicted octanol–water partition coefficient (Wildman–Crippen LogP) is 3.59. The highest BCUT2D eigenvalue weighted by Crippen LogP contribution is 2.20. The molecule has 0 aromatic heterocycles. The van der Waals surface area contributed by atoms with Crippen LogP contribution in [-0.2, 0) is 16.4 Å². The summed E-state index contributed by atoms with van der Waals surface area (Å²) in [5.41, 5.74) is 3.24. The van der Waals surface area contributed by atoms with Crippen LogP contribution in [0.25, 0.3) is 0 Å². The number of carbonyl (C=O) groups excluding carboxylic acids is 2. The molecule has 0 aliphatic rings. The van der Waals surface area contributed by atoms with Crippen molar-refractivity contribution < 1.29 is 18.0 Å². The molecule has 0 saturated heterocycles. The van der Waals surface area contributed by atoms with Crippen molar-refractivity contribution in [2.24, 2.45) is 0 Å². The van der Waals surface area contributed by atoms with Gasteiger partial charge in [-0.3, -0.25) is 14.3 Å². The number of carbonyl (C=O) groups is 2. The largest absolute Gasteiger partial charge is 0.352 e. The second-order valence-electron chi connectivity index (χ2n) is 7.40. The SMILES string of the molecule is Cc1cc(C(=O)Nc2ccccc2C(=O)NCCc2ccccc2)ccc1NS(C)(=O)=O. The van der Waals surface area contributed by atoms with Crippen molar-refractivity contribution in [2.45, 2.75) is 13.3 Å². The lowest BCUT2D eigenvalue weighted by Crippen LogP contribution is -2.27. The van der Waals surface area contributed by atoms with Crippen molar-refractivity contribution in [3.63, 3.8) is 0 Å². The Morgan fingerprint density at radius 2 is 1.53 bits per heavy atom. The summed E-state index contributed by atoms with van der Waals surface area (Å²) in [7, 11) is -3.42. The number of anilines is 2. The van der Waals surface area contributed by atoms with Crippen LogP contribution in [0.2, 0.25) is 0 Å². The predicted molar refractivity (Wildman–Crippen MR) is 127 cm³/mol. The summed E-state index contributed by atoms with van der Waals surface area (Å²) in [6.07, 6.45) is 1.77. The van der Waals surface area contributed by atoms with E-state index in [4.69, 9.17) is 0 Å². The second kappa shape index (κ2) is 10.1. The van der Waals surface area contributed by atoms with Crippen molar-refractivity contribution in [2.75, 3.05) is 22.8 Å². The Kier molecular flexibility index (Phi) is 7.27. The zero-order valence-electron chi connectivity index (χ0n) is 17.9. The van der Waals surface area contributed by atoms with Gasteiger partial charge < -0.3 is 10.6 Å². The monoisotopic (exact) mass is 451 g/mol. The van der Waals surface area contributed by atoms with Crippen LogP contribution >= 0.6 is 0 Å². The van der Waals surface area contributed by atoms with Gasteiger partial charge in [0.2, 0.25) is 10.0 Å². The Labute approximate surface area is 187 Å². The molecular formula is C24H25N3O4S. The maximum Gasteiger partial charge on any atom is 0.255 e. The number of nitrogens with one attached hydrogen (secondary N) is 3. The number of rotatable bonds is 8. The van der Waals surface area contributed by atoms with Gasteiger partial charge in [0.25, 0.3) is 11.8 Å². The highest BCUT2D eigenvalue weighted by Gasteiger charge is 2.15. The van der Waals surface area contributed by atoms with E-state index in [9.17, 15) is 18.0 Å². The minimum atomic E-state index is -3.42. The standard InChI is InChI=1S/C24H25N3O4S/c1-17-16-19(12-13-21(17)27-32(2,30)31)23(28)26-22-11-7-6-10-20(22)24(29)25-15-14-18-8-4-3-5-9-18/h3-13,16,27H,14-15H2,1-2H3,(H,25,29)(H,26,28). The number of aryl methyl sites for hydroxylation is 1. The molecule has 3 N–H and O–H groups in total. The molecule has 0 radical (unpaired) electrons. The molecule has 3 aromatic carbocycles. The fraction of sp³-hybridized carbons (Fsp3) is 0.167. The van der Waals surface area contributed by atoms with Crippen LogP contribution in [0.1, 0.15) is 31.8 Å². The molecule has 0 spiro atoms. The zero-order chi connectivity index (χ0) is 23.1. The van der Waals surface area contributed by atoms with Gasteiger partial charge in [0.1, 0.15) is 0 Å². The molecule has 3 rings (SSSR count). The molecule has 3 aromatic rings. The maximum atomic E-state index is 12.8. The van der Waals surface area contributed by atoms with Crippen LogP contribution in [0.15, 0.2) is 72.8 Å². The van der Waals surface area contributed by atoms with Crippen molar-refractivity contribution in [3.8, 4) is 0 Å². The molecule has 32 heavy (non-hydrogen) atoms. The number of hydrogen-bond donors (Lipinski definition) is 3. The Hall–Kier alpha value is -3.65. The number of amides is 2. The molecular weight excluding hydrogens is 426 g/mol. The molecule has 0 saturated carbocycles. The first kappa shape index (κ1) is 23.0. The number of para-hydroxylation sites is 1. The van der Waals surface area contributed by atoms with E-state index in [1.807, 2.05) is 30.3 Å². The van der Waals surface area contributed by atoms with E-state index in [-0.39, 0.29) is 5.91 Å². The van der Waals surface area contributed by atoms with Crippen LogP contribution < -0.4 is 15.4 Å². The maximum absolute atomic E-state index is 12.8. The molecule has 0 bridgehead atoms. The first-order valence-corrected chi connectivity index (χ1v) is 11.9. The van der Waals surface area contributed by atoms with Gasteiger partial charge in [-0.2, -0.15) is 0 Å². The average molecular weight is 452 g/mol. The Balaban J connectivity index is 1.68. The number of sulfonamides is 1. The summed E-state index contributed by atoms with van der Waals surface area (Å²) in [6.45, 7) is 2.18. The number of benzene rings is 3. The number of hydrogen-bond acceptors (Lipinski definition) is 4. The minimum Gasteiger partial charge on any atom is -0.352 e. The minimum absolute atomic E-state index is 0.277. The summed E-state index contributed by atoms with van der Waals surface area (Å²) in [6, 6.07) is 21.3. The Morgan fingerprint density at radius 3 is 2.22 bits per heavy atom. The van der Waals surface area contributed by atoms with Crippen molar-refractivity contribution in [3.05, 3.63) is 95.1 Å². The fourth-order valence-electron chi connectivity index (χ4n) is 3.16. The highest BCUT2D eigenvalue weighted by atomic mass is 32.2. The molecule has 0 unspecified atom stereocenters. The lowest BCUT2D eigenvalue weighted by atomic mass is 10.1. The van der Waals surface area contributed by atoms with E-state index in [1.165, 1.54) is 12.1 Å². The first-order valence-electron chi connectivity index (χ1n) is 10.0. The fourth-order valence-corrected chi connectivity index (χ4v) is 3.79.